The summed E-state index contributed by atoms with van der Waals surface area (Å²) in [6.45, 7) is 2.54. The molecule has 0 unspecified atom stereocenters. The second-order valence-corrected chi connectivity index (χ2v) is 4.09. The minimum atomic E-state index is 0.0514. The van der Waals surface area contributed by atoms with Crippen molar-refractivity contribution in [1.29, 1.82) is 5.41 Å². The Morgan fingerprint density at radius 3 is 2.78 bits per heavy atom. The van der Waals surface area contributed by atoms with Crippen LogP contribution in [-0.4, -0.2) is 22.7 Å². The van der Waals surface area contributed by atoms with Gasteiger partial charge in [0, 0.05) is 17.3 Å². The molecule has 1 aromatic heterocycles. The zero-order chi connectivity index (χ0) is 13.1. The number of aromatic nitrogens is 2. The molecule has 0 radical (unpaired) electrons. The molecule has 1 heterocycles. The molecule has 0 aliphatic carbocycles. The maximum Gasteiger partial charge on any atom is 0.123 e. The largest absolute Gasteiger partial charge is 0.496 e. The van der Waals surface area contributed by atoms with Crippen LogP contribution in [0.1, 0.15) is 16.8 Å². The van der Waals surface area contributed by atoms with E-state index in [4.69, 9.17) is 15.9 Å². The lowest BCUT2D eigenvalue weighted by atomic mass is 10.1. The van der Waals surface area contributed by atoms with Crippen molar-refractivity contribution in [2.45, 2.75) is 13.5 Å². The van der Waals surface area contributed by atoms with Gasteiger partial charge in [-0.2, -0.15) is 5.10 Å². The van der Waals surface area contributed by atoms with Crippen molar-refractivity contribution >= 4 is 5.84 Å². The molecule has 1 aromatic carbocycles. The molecule has 0 aliphatic heterocycles. The zero-order valence-electron chi connectivity index (χ0n) is 10.5. The molecular formula is C13H16N4O. The van der Waals surface area contributed by atoms with E-state index in [9.17, 15) is 0 Å². The smallest absolute Gasteiger partial charge is 0.123 e. The van der Waals surface area contributed by atoms with Crippen molar-refractivity contribution < 1.29 is 4.74 Å². The molecule has 2 aromatic rings. The molecule has 0 spiro atoms. The predicted molar refractivity (Wildman–Crippen MR) is 70.1 cm³/mol. The number of rotatable bonds is 4. The Balaban J connectivity index is 2.35. The first-order valence-corrected chi connectivity index (χ1v) is 5.61. The van der Waals surface area contributed by atoms with Gasteiger partial charge in [0.25, 0.3) is 0 Å². The van der Waals surface area contributed by atoms with Crippen molar-refractivity contribution in [3.05, 3.63) is 47.3 Å². The van der Waals surface area contributed by atoms with Crippen LogP contribution < -0.4 is 10.5 Å². The van der Waals surface area contributed by atoms with E-state index in [-0.39, 0.29) is 5.84 Å². The number of hydrogen-bond acceptors (Lipinski definition) is 3. The lowest BCUT2D eigenvalue weighted by molar-refractivity contribution is 0.407. The molecule has 0 saturated heterocycles. The van der Waals surface area contributed by atoms with E-state index in [2.05, 4.69) is 5.10 Å². The highest BCUT2D eigenvalue weighted by Crippen LogP contribution is 2.20. The van der Waals surface area contributed by atoms with Crippen LogP contribution in [0.3, 0.4) is 0 Å². The Bertz CT molecular complexity index is 574. The highest BCUT2D eigenvalue weighted by atomic mass is 16.5. The maximum atomic E-state index is 7.46. The zero-order valence-corrected chi connectivity index (χ0v) is 10.5. The summed E-state index contributed by atoms with van der Waals surface area (Å²) in [5, 5.41) is 11.8. The quantitative estimate of drug-likeness (QED) is 0.632. The van der Waals surface area contributed by atoms with E-state index < -0.39 is 0 Å². The second-order valence-electron chi connectivity index (χ2n) is 4.09. The van der Waals surface area contributed by atoms with Crippen LogP contribution in [0.15, 0.2) is 30.5 Å². The summed E-state index contributed by atoms with van der Waals surface area (Å²) in [7, 11) is 1.63. The van der Waals surface area contributed by atoms with Gasteiger partial charge in [0.05, 0.1) is 19.3 Å². The van der Waals surface area contributed by atoms with E-state index in [1.807, 2.05) is 36.0 Å². The first kappa shape index (κ1) is 12.2. The minimum absolute atomic E-state index is 0.0514. The number of benzene rings is 1. The number of methoxy groups -OCH3 is 1. The molecule has 5 nitrogen and oxygen atoms in total. The molecule has 18 heavy (non-hydrogen) atoms. The normalized spacial score (nSPS) is 10.3. The van der Waals surface area contributed by atoms with Crippen LogP contribution in [0, 0.1) is 12.3 Å². The van der Waals surface area contributed by atoms with Crippen LogP contribution in [0.25, 0.3) is 0 Å². The minimum Gasteiger partial charge on any atom is -0.496 e. The molecule has 0 fully saturated rings. The van der Waals surface area contributed by atoms with Crippen molar-refractivity contribution in [3.8, 4) is 5.75 Å². The van der Waals surface area contributed by atoms with Gasteiger partial charge in [-0.25, -0.2) is 0 Å². The lowest BCUT2D eigenvalue weighted by Crippen LogP contribution is -2.12. The number of nitrogens with two attached hydrogens (primary N) is 1. The van der Waals surface area contributed by atoms with Crippen LogP contribution in [0.5, 0.6) is 5.75 Å². The van der Waals surface area contributed by atoms with E-state index in [1.165, 1.54) is 0 Å². The summed E-state index contributed by atoms with van der Waals surface area (Å²) in [6, 6.07) is 7.40. The Labute approximate surface area is 106 Å². The molecule has 94 valence electrons. The van der Waals surface area contributed by atoms with Crippen molar-refractivity contribution in [3.63, 3.8) is 0 Å². The Morgan fingerprint density at radius 1 is 1.44 bits per heavy atom. The molecule has 0 atom stereocenters. The summed E-state index contributed by atoms with van der Waals surface area (Å²) in [4.78, 5) is 0. The average molecular weight is 244 g/mol. The summed E-state index contributed by atoms with van der Waals surface area (Å²) in [6.07, 6.45) is 1.91. The SMILES string of the molecule is COc1ccc(C(=N)N)cc1Cn1ccc(C)n1. The molecule has 3 N–H and O–H groups in total. The van der Waals surface area contributed by atoms with E-state index in [0.717, 1.165) is 17.0 Å². The summed E-state index contributed by atoms with van der Waals surface area (Å²) >= 11 is 0. The van der Waals surface area contributed by atoms with Crippen LogP contribution in [0.2, 0.25) is 0 Å². The second kappa shape index (κ2) is 4.91. The Hall–Kier alpha value is -2.30. The molecule has 0 aliphatic rings. The fourth-order valence-electron chi connectivity index (χ4n) is 1.80. The fourth-order valence-corrected chi connectivity index (χ4v) is 1.80. The summed E-state index contributed by atoms with van der Waals surface area (Å²) in [5.41, 5.74) is 8.10. The van der Waals surface area contributed by atoms with E-state index in [1.54, 1.807) is 13.2 Å². The van der Waals surface area contributed by atoms with E-state index >= 15 is 0 Å². The first-order valence-electron chi connectivity index (χ1n) is 5.61. The van der Waals surface area contributed by atoms with E-state index in [0.29, 0.717) is 12.1 Å². The van der Waals surface area contributed by atoms with Crippen molar-refractivity contribution in [2.75, 3.05) is 7.11 Å². The van der Waals surface area contributed by atoms with Crippen LogP contribution in [-0.2, 0) is 6.54 Å². The Kier molecular flexibility index (Phi) is 3.32. The van der Waals surface area contributed by atoms with Gasteiger partial charge in [-0.1, -0.05) is 0 Å². The highest BCUT2D eigenvalue weighted by Gasteiger charge is 2.07. The van der Waals surface area contributed by atoms with Crippen LogP contribution in [0.4, 0.5) is 0 Å². The summed E-state index contributed by atoms with van der Waals surface area (Å²) in [5.74, 6) is 0.823. The van der Waals surface area contributed by atoms with Gasteiger partial charge in [0.15, 0.2) is 0 Å². The van der Waals surface area contributed by atoms with Gasteiger partial charge in [0.2, 0.25) is 0 Å². The van der Waals surface area contributed by atoms with Gasteiger partial charge < -0.3 is 10.5 Å². The van der Waals surface area contributed by atoms with Crippen molar-refractivity contribution in [1.82, 2.24) is 9.78 Å². The molecule has 0 saturated carbocycles. The standard InChI is InChI=1S/C13H16N4O/c1-9-5-6-17(16-9)8-11-7-10(13(14)15)3-4-12(11)18-2/h3-7H,8H2,1-2H3,(H3,14,15). The number of hydrogen-bond donors (Lipinski definition) is 2. The molecule has 5 heteroatoms. The number of nitrogens with one attached hydrogen (secondary N) is 1. The average Bonchev–Trinajstić information content (AvgIpc) is 2.74. The third-order valence-electron chi connectivity index (χ3n) is 2.70. The van der Waals surface area contributed by atoms with Crippen LogP contribution >= 0.6 is 0 Å². The van der Waals surface area contributed by atoms with Gasteiger partial charge in [0.1, 0.15) is 11.6 Å². The monoisotopic (exact) mass is 244 g/mol. The predicted octanol–water partition coefficient (Wildman–Crippen LogP) is 1.53. The first-order chi connectivity index (χ1) is 8.60. The molecule has 0 amide bonds. The Morgan fingerprint density at radius 2 is 2.22 bits per heavy atom. The van der Waals surface area contributed by atoms with Gasteiger partial charge >= 0.3 is 0 Å². The number of nitrogens with zero attached hydrogens (tertiary/aromatic N) is 2. The van der Waals surface area contributed by atoms with Crippen molar-refractivity contribution in [2.24, 2.45) is 5.73 Å². The molecule has 0 bridgehead atoms. The lowest BCUT2D eigenvalue weighted by Gasteiger charge is -2.10. The number of ether oxygens (including phenoxy) is 1. The number of nitrogen functional groups attached to an aromatic ring is 1. The molecule has 2 rings (SSSR count). The number of aryl methyl sites for hydroxylation is 1. The van der Waals surface area contributed by atoms with Gasteiger partial charge in [-0.3, -0.25) is 10.1 Å². The van der Waals surface area contributed by atoms with Gasteiger partial charge in [-0.15, -0.1) is 0 Å². The maximum absolute atomic E-state index is 7.46. The molecular weight excluding hydrogens is 228 g/mol. The third-order valence-corrected chi connectivity index (χ3v) is 2.70. The topological polar surface area (TPSA) is 76.9 Å². The highest BCUT2D eigenvalue weighted by molar-refractivity contribution is 5.95. The van der Waals surface area contributed by atoms with Gasteiger partial charge in [-0.05, 0) is 31.2 Å². The third kappa shape index (κ3) is 2.51. The number of amidine groups is 1. The summed E-state index contributed by atoms with van der Waals surface area (Å²) < 4.78 is 7.14. The fraction of sp³-hybridized carbons (Fsp3) is 0.231.